The van der Waals surface area contributed by atoms with E-state index in [1.165, 1.54) is 6.33 Å². The maximum absolute atomic E-state index is 6.64. The van der Waals surface area contributed by atoms with Gasteiger partial charge in [0.1, 0.15) is 40.9 Å². The van der Waals surface area contributed by atoms with Gasteiger partial charge in [0, 0.05) is 38.2 Å². The average molecular weight is 726 g/mol. The molecule has 0 saturated carbocycles. The van der Waals surface area contributed by atoms with Crippen molar-refractivity contribution in [1.29, 1.82) is 0 Å². The Kier molecular flexibility index (Phi) is 15.8. The summed E-state index contributed by atoms with van der Waals surface area (Å²) in [7, 11) is 1.23. The zero-order valence-corrected chi connectivity index (χ0v) is 31.6. The molecule has 0 atom stereocenters. The summed E-state index contributed by atoms with van der Waals surface area (Å²) in [5.41, 5.74) is 1.84. The Balaban J connectivity index is 0.000000551. The van der Waals surface area contributed by atoms with E-state index in [0.717, 1.165) is 44.7 Å². The van der Waals surface area contributed by atoms with Gasteiger partial charge in [0.25, 0.3) is 0 Å². The van der Waals surface area contributed by atoms with Crippen LogP contribution in [0, 0.1) is 11.8 Å². The van der Waals surface area contributed by atoms with Crippen LogP contribution in [-0.2, 0) is 9.47 Å². The molecule has 2 aliphatic rings. The van der Waals surface area contributed by atoms with Gasteiger partial charge >= 0.3 is 29.6 Å². The van der Waals surface area contributed by atoms with E-state index in [1.807, 2.05) is 12.1 Å². The monoisotopic (exact) mass is 725 g/mol. The molecule has 0 unspecified atom stereocenters. The molecule has 0 amide bonds. The maximum atomic E-state index is 6.64. The number of methoxy groups -OCH3 is 2. The molecule has 48 heavy (non-hydrogen) atoms. The van der Waals surface area contributed by atoms with E-state index in [-0.39, 0.29) is 36.4 Å². The molecule has 3 aromatic rings. The van der Waals surface area contributed by atoms with Crippen LogP contribution in [-0.4, -0.2) is 128 Å². The van der Waals surface area contributed by atoms with E-state index in [0.29, 0.717) is 63.8 Å². The van der Waals surface area contributed by atoms with Crippen molar-refractivity contribution in [3.05, 3.63) is 35.1 Å². The minimum atomic E-state index is -0.981. The zero-order chi connectivity index (χ0) is 34.0. The van der Waals surface area contributed by atoms with Crippen molar-refractivity contribution < 1.29 is 28.4 Å². The molecule has 1 saturated heterocycles. The average Bonchev–Trinajstić information content (AvgIpc) is 3.50. The first-order chi connectivity index (χ1) is 22.4. The molecule has 1 aromatic heterocycles. The number of nitrogens with zero attached hydrogens (tertiary/aromatic N) is 3. The first kappa shape index (κ1) is 40.3. The molecule has 1 fully saturated rings. The predicted octanol–water partition coefficient (Wildman–Crippen LogP) is 5.46. The molecular formula is C33H49ClN5NaO6Si2. The third kappa shape index (κ3) is 12.0. The fraction of sp³-hybridized carbons (Fsp3) is 0.515. The van der Waals surface area contributed by atoms with Crippen molar-refractivity contribution in [3.63, 3.8) is 0 Å². The second kappa shape index (κ2) is 18.8. The number of halogens is 1. The SMILES string of the molecule is COCC#Cc1cc(Cl)c(Nc2ncnc3cc(OCCCN4CCOCC4)c(OC)cc23)c2c1OCO2.C[Si](C)(C)N[Si](C)(C)C.[NaH]. The standard InChI is InChI=1S/C27H29ClN4O6.C6H19NSi2.Na.H/c1-33-9-3-5-18-13-20(28)24(26-25(18)37-17-38-26)31-27-19-14-22(34-2)23(15-21(19)29-16-30-27)36-10-4-6-32-7-11-35-12-8-32;1-8(2,3)7-9(4,5)6;;/h13-16H,4,6-12,17H2,1-2H3,(H,29,30,31);7H,1-6H3;;. The number of hydrogen-bond acceptors (Lipinski definition) is 11. The van der Waals surface area contributed by atoms with Gasteiger partial charge in [-0.15, -0.1) is 0 Å². The number of anilines is 2. The zero-order valence-electron chi connectivity index (χ0n) is 28.8. The van der Waals surface area contributed by atoms with Gasteiger partial charge in [-0.05, 0) is 18.6 Å². The number of aromatic nitrogens is 2. The van der Waals surface area contributed by atoms with E-state index in [9.17, 15) is 0 Å². The summed E-state index contributed by atoms with van der Waals surface area (Å²) < 4.78 is 37.3. The number of benzene rings is 2. The van der Waals surface area contributed by atoms with E-state index in [2.05, 4.69) is 76.0 Å². The van der Waals surface area contributed by atoms with E-state index in [4.69, 9.17) is 40.0 Å². The van der Waals surface area contributed by atoms with E-state index < -0.39 is 16.5 Å². The first-order valence-corrected chi connectivity index (χ1v) is 23.2. The Morgan fingerprint density at radius 1 is 0.958 bits per heavy atom. The van der Waals surface area contributed by atoms with Crippen LogP contribution in [0.3, 0.4) is 0 Å². The summed E-state index contributed by atoms with van der Waals surface area (Å²) >= 11 is 6.64. The molecular weight excluding hydrogens is 677 g/mol. The van der Waals surface area contributed by atoms with Crippen LogP contribution in [0.2, 0.25) is 44.3 Å². The third-order valence-electron chi connectivity index (χ3n) is 6.93. The number of fused-ring (bicyclic) bond motifs is 2. The predicted molar refractivity (Wildman–Crippen MR) is 200 cm³/mol. The van der Waals surface area contributed by atoms with E-state index in [1.54, 1.807) is 20.3 Å². The minimum absolute atomic E-state index is 0. The number of hydrogen-bond donors (Lipinski definition) is 2. The first-order valence-electron chi connectivity index (χ1n) is 15.8. The van der Waals surface area contributed by atoms with Crippen molar-refractivity contribution in [3.8, 4) is 34.8 Å². The molecule has 2 aliphatic heterocycles. The van der Waals surface area contributed by atoms with Gasteiger partial charge in [-0.2, -0.15) is 0 Å². The molecule has 0 bridgehead atoms. The van der Waals surface area contributed by atoms with Crippen LogP contribution in [0.1, 0.15) is 12.0 Å². The molecule has 2 aromatic carbocycles. The van der Waals surface area contributed by atoms with Crippen LogP contribution in [0.15, 0.2) is 24.5 Å². The number of nitrogens with one attached hydrogen (secondary N) is 2. The van der Waals surface area contributed by atoms with Crippen LogP contribution in [0.4, 0.5) is 11.5 Å². The van der Waals surface area contributed by atoms with Crippen LogP contribution >= 0.6 is 11.6 Å². The Hall–Kier alpha value is -2.10. The molecule has 0 radical (unpaired) electrons. The fourth-order valence-corrected chi connectivity index (χ4v) is 14.7. The quantitative estimate of drug-likeness (QED) is 0.150. The molecule has 0 spiro atoms. The molecule has 3 heterocycles. The summed E-state index contributed by atoms with van der Waals surface area (Å²) in [4.78, 5) is 11.3. The normalized spacial score (nSPS) is 14.3. The topological polar surface area (TPSA) is 108 Å². The number of morpholine rings is 1. The van der Waals surface area contributed by atoms with Gasteiger partial charge in [0.05, 0.1) is 43.0 Å². The van der Waals surface area contributed by atoms with E-state index >= 15 is 0 Å². The van der Waals surface area contributed by atoms with Gasteiger partial charge in [-0.1, -0.05) is 62.7 Å². The van der Waals surface area contributed by atoms with Crippen LogP contribution < -0.4 is 28.9 Å². The third-order valence-corrected chi connectivity index (χ3v) is 13.2. The number of rotatable bonds is 11. The Labute approximate surface area is 314 Å². The van der Waals surface area contributed by atoms with Crippen LogP contribution in [0.25, 0.3) is 10.9 Å². The van der Waals surface area contributed by atoms with Gasteiger partial charge in [-0.25, -0.2) is 9.97 Å². The molecule has 258 valence electrons. The fourth-order valence-electron chi connectivity index (χ4n) is 5.42. The summed E-state index contributed by atoms with van der Waals surface area (Å²) in [5.74, 6) is 8.66. The summed E-state index contributed by atoms with van der Waals surface area (Å²) in [5, 5.41) is 4.44. The van der Waals surface area contributed by atoms with Crippen LogP contribution in [0.5, 0.6) is 23.0 Å². The van der Waals surface area contributed by atoms with Crippen molar-refractivity contribution in [1.82, 2.24) is 19.5 Å². The van der Waals surface area contributed by atoms with Gasteiger partial charge in [0.2, 0.25) is 6.79 Å². The van der Waals surface area contributed by atoms with Crippen molar-refractivity contribution >= 4 is 80.0 Å². The van der Waals surface area contributed by atoms with Gasteiger partial charge < -0.3 is 38.4 Å². The summed E-state index contributed by atoms with van der Waals surface area (Å²) in [6.45, 7) is 19.5. The molecule has 2 N–H and O–H groups in total. The summed E-state index contributed by atoms with van der Waals surface area (Å²) in [6.07, 6.45) is 2.38. The van der Waals surface area contributed by atoms with Crippen molar-refractivity contribution in [2.24, 2.45) is 0 Å². The summed E-state index contributed by atoms with van der Waals surface area (Å²) in [6, 6.07) is 5.44. The van der Waals surface area contributed by atoms with Crippen molar-refractivity contribution in [2.45, 2.75) is 45.7 Å². The molecule has 11 nitrogen and oxygen atoms in total. The molecule has 0 aliphatic carbocycles. The second-order valence-electron chi connectivity index (χ2n) is 13.2. The number of ether oxygens (including phenoxy) is 6. The molecule has 15 heteroatoms. The second-order valence-corrected chi connectivity index (χ2v) is 23.6. The Morgan fingerprint density at radius 2 is 1.67 bits per heavy atom. The van der Waals surface area contributed by atoms with Gasteiger partial charge in [-0.3, -0.25) is 4.90 Å². The van der Waals surface area contributed by atoms with Gasteiger partial charge in [0.15, 0.2) is 23.0 Å². The molecule has 5 rings (SSSR count). The van der Waals surface area contributed by atoms with Crippen molar-refractivity contribution in [2.75, 3.05) is 72.4 Å². The Bertz CT molecular complexity index is 1560. The Morgan fingerprint density at radius 3 is 2.31 bits per heavy atom.